The molecule has 1 unspecified atom stereocenters. The van der Waals surface area contributed by atoms with E-state index in [1.165, 1.54) is 0 Å². The van der Waals surface area contributed by atoms with E-state index in [9.17, 15) is 4.79 Å². The van der Waals surface area contributed by atoms with Gasteiger partial charge in [-0.25, -0.2) is 0 Å². The summed E-state index contributed by atoms with van der Waals surface area (Å²) in [7, 11) is 0. The van der Waals surface area contributed by atoms with Gasteiger partial charge in [0.1, 0.15) is 0 Å². The summed E-state index contributed by atoms with van der Waals surface area (Å²) < 4.78 is 0. The number of rotatable bonds is 5. The van der Waals surface area contributed by atoms with Crippen LogP contribution < -0.4 is 5.32 Å². The van der Waals surface area contributed by atoms with E-state index in [0.29, 0.717) is 17.7 Å². The SMILES string of the molecule is CC(C)C(C)C(=O)NC(C)(CCl)CCl. The second-order valence-electron chi connectivity index (χ2n) is 4.35. The molecule has 2 nitrogen and oxygen atoms in total. The summed E-state index contributed by atoms with van der Waals surface area (Å²) in [6.07, 6.45) is 0. The Morgan fingerprint density at radius 1 is 1.29 bits per heavy atom. The molecule has 1 atom stereocenters. The van der Waals surface area contributed by atoms with Gasteiger partial charge in [-0.15, -0.1) is 23.2 Å². The first kappa shape index (κ1) is 14.1. The van der Waals surface area contributed by atoms with Gasteiger partial charge in [-0.3, -0.25) is 4.79 Å². The zero-order valence-electron chi connectivity index (χ0n) is 9.23. The summed E-state index contributed by atoms with van der Waals surface area (Å²) >= 11 is 11.5. The van der Waals surface area contributed by atoms with E-state index >= 15 is 0 Å². The van der Waals surface area contributed by atoms with Gasteiger partial charge >= 0.3 is 0 Å². The molecule has 0 aromatic heterocycles. The Kier molecular flexibility index (Phi) is 5.84. The second-order valence-corrected chi connectivity index (χ2v) is 4.88. The highest BCUT2D eigenvalue weighted by Gasteiger charge is 2.27. The number of carbonyl (C=O) groups excluding carboxylic acids is 1. The van der Waals surface area contributed by atoms with Crippen molar-refractivity contribution in [3.8, 4) is 0 Å². The molecular formula is C10H19Cl2NO. The average molecular weight is 240 g/mol. The molecule has 0 aliphatic carbocycles. The van der Waals surface area contributed by atoms with Gasteiger partial charge in [0.25, 0.3) is 0 Å². The number of amides is 1. The van der Waals surface area contributed by atoms with Crippen LogP contribution in [0, 0.1) is 11.8 Å². The van der Waals surface area contributed by atoms with Crippen molar-refractivity contribution in [1.82, 2.24) is 5.32 Å². The van der Waals surface area contributed by atoms with Crippen LogP contribution in [0.15, 0.2) is 0 Å². The van der Waals surface area contributed by atoms with Crippen LogP contribution in [0.2, 0.25) is 0 Å². The molecule has 84 valence electrons. The average Bonchev–Trinajstić information content (AvgIpc) is 2.16. The molecule has 0 saturated heterocycles. The van der Waals surface area contributed by atoms with E-state index in [1.54, 1.807) is 0 Å². The molecule has 0 aliphatic heterocycles. The van der Waals surface area contributed by atoms with Gasteiger partial charge in [0, 0.05) is 17.7 Å². The lowest BCUT2D eigenvalue weighted by Gasteiger charge is -2.28. The molecule has 0 heterocycles. The molecular weight excluding hydrogens is 221 g/mol. The smallest absolute Gasteiger partial charge is 0.223 e. The van der Waals surface area contributed by atoms with Crippen molar-refractivity contribution < 1.29 is 4.79 Å². The fraction of sp³-hybridized carbons (Fsp3) is 0.900. The molecule has 0 aromatic carbocycles. The highest BCUT2D eigenvalue weighted by atomic mass is 35.5. The highest BCUT2D eigenvalue weighted by molar-refractivity contribution is 6.22. The zero-order chi connectivity index (χ0) is 11.4. The lowest BCUT2D eigenvalue weighted by Crippen LogP contribution is -2.51. The predicted octanol–water partition coefficient (Wildman–Crippen LogP) is 2.63. The van der Waals surface area contributed by atoms with Crippen molar-refractivity contribution in [1.29, 1.82) is 0 Å². The van der Waals surface area contributed by atoms with E-state index in [4.69, 9.17) is 23.2 Å². The summed E-state index contributed by atoms with van der Waals surface area (Å²) in [4.78, 5) is 11.7. The minimum Gasteiger partial charge on any atom is -0.348 e. The van der Waals surface area contributed by atoms with E-state index in [0.717, 1.165) is 0 Å². The normalized spacial score (nSPS) is 14.2. The Morgan fingerprint density at radius 3 is 2.00 bits per heavy atom. The lowest BCUT2D eigenvalue weighted by molar-refractivity contribution is -0.127. The van der Waals surface area contributed by atoms with Crippen LogP contribution in [0.3, 0.4) is 0 Å². The fourth-order valence-corrected chi connectivity index (χ4v) is 1.24. The summed E-state index contributed by atoms with van der Waals surface area (Å²) in [5, 5.41) is 2.87. The van der Waals surface area contributed by atoms with E-state index < -0.39 is 5.54 Å². The van der Waals surface area contributed by atoms with Crippen molar-refractivity contribution in [2.45, 2.75) is 33.2 Å². The molecule has 14 heavy (non-hydrogen) atoms. The number of nitrogens with one attached hydrogen (secondary N) is 1. The first-order valence-electron chi connectivity index (χ1n) is 4.80. The molecule has 0 radical (unpaired) electrons. The number of halogens is 2. The fourth-order valence-electron chi connectivity index (χ4n) is 0.817. The standard InChI is InChI=1S/C10H19Cl2NO/c1-7(2)8(3)9(14)13-10(4,5-11)6-12/h7-8H,5-6H2,1-4H3,(H,13,14). The Hall–Kier alpha value is 0.0500. The maximum atomic E-state index is 11.7. The highest BCUT2D eigenvalue weighted by Crippen LogP contribution is 2.14. The molecule has 1 amide bonds. The van der Waals surface area contributed by atoms with Gasteiger partial charge in [-0.2, -0.15) is 0 Å². The third kappa shape index (κ3) is 4.05. The van der Waals surface area contributed by atoms with Crippen molar-refractivity contribution in [2.75, 3.05) is 11.8 Å². The van der Waals surface area contributed by atoms with Crippen molar-refractivity contribution >= 4 is 29.1 Å². The molecule has 0 spiro atoms. The Morgan fingerprint density at radius 2 is 1.71 bits per heavy atom. The van der Waals surface area contributed by atoms with Gasteiger partial charge in [-0.1, -0.05) is 20.8 Å². The summed E-state index contributed by atoms with van der Waals surface area (Å²) in [5.41, 5.74) is -0.497. The molecule has 0 saturated carbocycles. The van der Waals surface area contributed by atoms with Crippen LogP contribution in [0.1, 0.15) is 27.7 Å². The first-order chi connectivity index (χ1) is 6.36. The monoisotopic (exact) mass is 239 g/mol. The lowest BCUT2D eigenvalue weighted by atomic mass is 9.96. The van der Waals surface area contributed by atoms with Crippen LogP contribution in [0.5, 0.6) is 0 Å². The minimum absolute atomic E-state index is 0.0132. The van der Waals surface area contributed by atoms with Crippen LogP contribution in [-0.4, -0.2) is 23.2 Å². The third-order valence-corrected chi connectivity index (χ3v) is 3.61. The minimum atomic E-state index is -0.497. The van der Waals surface area contributed by atoms with Crippen LogP contribution in [0.25, 0.3) is 0 Å². The molecule has 0 bridgehead atoms. The van der Waals surface area contributed by atoms with Crippen LogP contribution in [-0.2, 0) is 4.79 Å². The largest absolute Gasteiger partial charge is 0.348 e. The number of carbonyl (C=O) groups is 1. The van der Waals surface area contributed by atoms with Gasteiger partial charge in [0.2, 0.25) is 5.91 Å². The van der Waals surface area contributed by atoms with Crippen LogP contribution in [0.4, 0.5) is 0 Å². The van der Waals surface area contributed by atoms with Crippen molar-refractivity contribution in [3.63, 3.8) is 0 Å². The van der Waals surface area contributed by atoms with E-state index in [2.05, 4.69) is 5.32 Å². The Balaban J connectivity index is 4.30. The number of alkyl halides is 2. The molecule has 0 aromatic rings. The maximum absolute atomic E-state index is 11.7. The number of hydrogen-bond donors (Lipinski definition) is 1. The molecule has 0 aliphatic rings. The molecule has 1 N–H and O–H groups in total. The maximum Gasteiger partial charge on any atom is 0.223 e. The third-order valence-electron chi connectivity index (χ3n) is 2.43. The predicted molar refractivity (Wildman–Crippen MR) is 62.0 cm³/mol. The number of hydrogen-bond acceptors (Lipinski definition) is 1. The quantitative estimate of drug-likeness (QED) is 0.735. The van der Waals surface area contributed by atoms with Gasteiger partial charge in [0.15, 0.2) is 0 Å². The summed E-state index contributed by atoms with van der Waals surface area (Å²) in [5.74, 6) is 0.981. The van der Waals surface area contributed by atoms with Gasteiger partial charge in [-0.05, 0) is 12.8 Å². The topological polar surface area (TPSA) is 29.1 Å². The molecule has 0 rings (SSSR count). The van der Waals surface area contributed by atoms with Crippen molar-refractivity contribution in [3.05, 3.63) is 0 Å². The van der Waals surface area contributed by atoms with E-state index in [1.807, 2.05) is 27.7 Å². The Labute approximate surface area is 96.3 Å². The van der Waals surface area contributed by atoms with Gasteiger partial charge in [0.05, 0.1) is 5.54 Å². The van der Waals surface area contributed by atoms with Crippen LogP contribution >= 0.6 is 23.2 Å². The molecule has 0 fully saturated rings. The molecule has 4 heteroatoms. The first-order valence-corrected chi connectivity index (χ1v) is 5.87. The second kappa shape index (κ2) is 5.82. The Bertz CT molecular complexity index is 191. The van der Waals surface area contributed by atoms with Crippen molar-refractivity contribution in [2.24, 2.45) is 11.8 Å². The summed E-state index contributed by atoms with van der Waals surface area (Å²) in [6.45, 7) is 7.78. The zero-order valence-corrected chi connectivity index (χ0v) is 10.7. The van der Waals surface area contributed by atoms with Gasteiger partial charge < -0.3 is 5.32 Å². The summed E-state index contributed by atoms with van der Waals surface area (Å²) in [6, 6.07) is 0. The van der Waals surface area contributed by atoms with E-state index in [-0.39, 0.29) is 11.8 Å².